The Morgan fingerprint density at radius 2 is 1.24 bits per heavy atom. The van der Waals surface area contributed by atoms with Gasteiger partial charge in [0.05, 0.1) is 6.04 Å². The molecule has 0 unspecified atom stereocenters. The highest BCUT2D eigenvalue weighted by Gasteiger charge is 2.38. The molecule has 0 radical (unpaired) electrons. The first-order valence-electron chi connectivity index (χ1n) is 11.9. The van der Waals surface area contributed by atoms with Crippen LogP contribution in [-0.2, 0) is 25.8 Å². The van der Waals surface area contributed by atoms with Crippen LogP contribution in [0.3, 0.4) is 0 Å². The third kappa shape index (κ3) is 9.70. The first kappa shape index (κ1) is 30.1. The Balaban J connectivity index is 1.96. The molecule has 0 saturated heterocycles. The quantitative estimate of drug-likeness (QED) is 0.254. The molecule has 1 atom stereocenters. The third-order valence-electron chi connectivity index (χ3n) is 5.21. The molecule has 0 fully saturated rings. The van der Waals surface area contributed by atoms with Crippen molar-refractivity contribution in [2.24, 2.45) is 5.92 Å². The fourth-order valence-corrected chi connectivity index (χ4v) is 6.02. The summed E-state index contributed by atoms with van der Waals surface area (Å²) in [5, 5.41) is 2.63. The first-order chi connectivity index (χ1) is 18.0. The molecule has 1 amide bonds. The molecule has 0 aliphatic heterocycles. The van der Waals surface area contributed by atoms with Gasteiger partial charge < -0.3 is 10.1 Å². The van der Waals surface area contributed by atoms with E-state index in [1.54, 1.807) is 39.0 Å². The van der Waals surface area contributed by atoms with Gasteiger partial charge in [0.25, 0.3) is 0 Å². The van der Waals surface area contributed by atoms with Gasteiger partial charge in [0.2, 0.25) is 10.2 Å². The Bertz CT molecular complexity index is 1170. The van der Waals surface area contributed by atoms with E-state index >= 15 is 0 Å². The van der Waals surface area contributed by atoms with Gasteiger partial charge in [0.15, 0.2) is 0 Å². The fraction of sp³-hybridized carbons (Fsp3) is 0.276. The lowest BCUT2D eigenvalue weighted by Crippen LogP contribution is -2.41. The SMILES string of the molecule is CC(C)(C)OC(=O)N[C@@H](c1cc(Cl)cc(Cl)c1)C(C(=O)SCc1ccccc1)C(=O)SCc1ccccc1. The number of thioether (sulfide) groups is 2. The van der Waals surface area contributed by atoms with Crippen molar-refractivity contribution in [3.05, 3.63) is 106 Å². The Morgan fingerprint density at radius 3 is 1.66 bits per heavy atom. The van der Waals surface area contributed by atoms with Gasteiger partial charge in [0.1, 0.15) is 11.5 Å². The average molecular weight is 591 g/mol. The van der Waals surface area contributed by atoms with Crippen LogP contribution >= 0.6 is 46.7 Å². The second-order valence-electron chi connectivity index (χ2n) is 9.49. The van der Waals surface area contributed by atoms with E-state index in [-0.39, 0.29) is 10.2 Å². The molecule has 5 nitrogen and oxygen atoms in total. The van der Waals surface area contributed by atoms with Gasteiger partial charge in [-0.15, -0.1) is 0 Å². The molecule has 9 heteroatoms. The van der Waals surface area contributed by atoms with E-state index in [2.05, 4.69) is 5.32 Å². The normalized spacial score (nSPS) is 12.2. The van der Waals surface area contributed by atoms with Crippen molar-refractivity contribution in [1.29, 1.82) is 0 Å². The molecule has 3 rings (SSSR count). The highest BCUT2D eigenvalue weighted by molar-refractivity contribution is 8.15. The molecular weight excluding hydrogens is 561 g/mol. The molecule has 1 N–H and O–H groups in total. The monoisotopic (exact) mass is 589 g/mol. The van der Waals surface area contributed by atoms with Gasteiger partial charge in [-0.2, -0.15) is 0 Å². The summed E-state index contributed by atoms with van der Waals surface area (Å²) >= 11 is 14.6. The van der Waals surface area contributed by atoms with Crippen LogP contribution in [0.5, 0.6) is 0 Å². The average Bonchev–Trinajstić information content (AvgIpc) is 2.85. The topological polar surface area (TPSA) is 72.5 Å². The van der Waals surface area contributed by atoms with E-state index in [0.29, 0.717) is 27.1 Å². The number of benzene rings is 3. The lowest BCUT2D eigenvalue weighted by Gasteiger charge is -2.28. The number of hydrogen-bond acceptors (Lipinski definition) is 6. The zero-order chi connectivity index (χ0) is 27.7. The number of ether oxygens (including phenoxy) is 1. The van der Waals surface area contributed by atoms with Crippen LogP contribution in [0.4, 0.5) is 4.79 Å². The predicted molar refractivity (Wildman–Crippen MR) is 158 cm³/mol. The summed E-state index contributed by atoms with van der Waals surface area (Å²) in [5.74, 6) is -0.468. The van der Waals surface area contributed by atoms with Crippen LogP contribution in [0, 0.1) is 5.92 Å². The van der Waals surface area contributed by atoms with Gasteiger partial charge >= 0.3 is 6.09 Å². The highest BCUT2D eigenvalue weighted by Crippen LogP contribution is 2.35. The minimum absolute atomic E-state index is 0.316. The van der Waals surface area contributed by atoms with Crippen LogP contribution in [0.1, 0.15) is 43.5 Å². The van der Waals surface area contributed by atoms with Crippen LogP contribution in [0.15, 0.2) is 78.9 Å². The molecule has 0 aliphatic rings. The van der Waals surface area contributed by atoms with Crippen LogP contribution in [0.25, 0.3) is 0 Å². The number of carbonyl (C=O) groups excluding carboxylic acids is 3. The van der Waals surface area contributed by atoms with Crippen molar-refractivity contribution in [3.63, 3.8) is 0 Å². The maximum absolute atomic E-state index is 13.7. The summed E-state index contributed by atoms with van der Waals surface area (Å²) in [4.78, 5) is 40.3. The second kappa shape index (κ2) is 14.1. The van der Waals surface area contributed by atoms with Crippen molar-refractivity contribution in [3.8, 4) is 0 Å². The number of carbonyl (C=O) groups is 3. The fourth-order valence-electron chi connectivity index (χ4n) is 3.55. The third-order valence-corrected chi connectivity index (χ3v) is 7.67. The zero-order valence-electron chi connectivity index (χ0n) is 21.3. The summed E-state index contributed by atoms with van der Waals surface area (Å²) < 4.78 is 5.47. The summed E-state index contributed by atoms with van der Waals surface area (Å²) in [5.41, 5.74) is 1.53. The van der Waals surface area contributed by atoms with E-state index in [1.807, 2.05) is 60.7 Å². The maximum Gasteiger partial charge on any atom is 0.408 e. The molecule has 38 heavy (non-hydrogen) atoms. The standard InChI is InChI=1S/C29H29Cl2NO4S2/c1-29(2,3)36-28(35)32-25(21-14-22(30)16-23(31)15-21)24(26(33)37-17-19-10-6-4-7-11-19)27(34)38-18-20-12-8-5-9-13-20/h4-16,24-25H,17-18H2,1-3H3,(H,32,35)/t25-/m0/s1. The Hall–Kier alpha value is -2.45. The number of nitrogens with one attached hydrogen (secondary N) is 1. The number of halogens is 2. The summed E-state index contributed by atoms with van der Waals surface area (Å²) in [6.07, 6.45) is -0.759. The smallest absolute Gasteiger partial charge is 0.408 e. The van der Waals surface area contributed by atoms with E-state index in [9.17, 15) is 14.4 Å². The Kier molecular flexibility index (Phi) is 11.2. The van der Waals surface area contributed by atoms with Gasteiger partial charge in [-0.1, -0.05) is 107 Å². The molecule has 0 heterocycles. The largest absolute Gasteiger partial charge is 0.444 e. The summed E-state index contributed by atoms with van der Waals surface area (Å²) in [6.45, 7) is 5.20. The minimum Gasteiger partial charge on any atom is -0.444 e. The van der Waals surface area contributed by atoms with E-state index in [0.717, 1.165) is 34.7 Å². The molecule has 0 aliphatic carbocycles. The van der Waals surface area contributed by atoms with E-state index < -0.39 is 23.7 Å². The van der Waals surface area contributed by atoms with E-state index in [4.69, 9.17) is 27.9 Å². The lowest BCUT2D eigenvalue weighted by atomic mass is 9.94. The van der Waals surface area contributed by atoms with Gasteiger partial charge in [-0.05, 0) is 55.7 Å². The van der Waals surface area contributed by atoms with E-state index in [1.165, 1.54) is 0 Å². The van der Waals surface area contributed by atoms with Crippen LogP contribution < -0.4 is 5.32 Å². The lowest BCUT2D eigenvalue weighted by molar-refractivity contribution is -0.124. The van der Waals surface area contributed by atoms with Crippen LogP contribution in [0.2, 0.25) is 10.0 Å². The molecule has 3 aromatic carbocycles. The molecule has 0 bridgehead atoms. The number of hydrogen-bond donors (Lipinski definition) is 1. The zero-order valence-corrected chi connectivity index (χ0v) is 24.4. The van der Waals surface area contributed by atoms with Crippen molar-refractivity contribution in [2.75, 3.05) is 0 Å². The van der Waals surface area contributed by atoms with Gasteiger partial charge in [-0.25, -0.2) is 4.79 Å². The molecule has 0 spiro atoms. The number of rotatable bonds is 9. The van der Waals surface area contributed by atoms with Crippen LogP contribution in [-0.4, -0.2) is 21.9 Å². The molecule has 0 saturated carbocycles. The summed E-state index contributed by atoms with van der Waals surface area (Å²) in [7, 11) is 0. The maximum atomic E-state index is 13.7. The van der Waals surface area contributed by atoms with Crippen molar-refractivity contribution < 1.29 is 19.1 Å². The Morgan fingerprint density at radius 1 is 0.789 bits per heavy atom. The second-order valence-corrected chi connectivity index (χ2v) is 12.3. The van der Waals surface area contributed by atoms with Crippen molar-refractivity contribution in [2.45, 2.75) is 43.9 Å². The first-order valence-corrected chi connectivity index (χ1v) is 14.6. The molecule has 3 aromatic rings. The minimum atomic E-state index is -1.22. The molecular formula is C29H29Cl2NO4S2. The van der Waals surface area contributed by atoms with Gasteiger partial charge in [-0.3, -0.25) is 9.59 Å². The van der Waals surface area contributed by atoms with Crippen molar-refractivity contribution in [1.82, 2.24) is 5.32 Å². The van der Waals surface area contributed by atoms with Gasteiger partial charge in [0, 0.05) is 21.6 Å². The number of alkyl carbamates (subject to hydrolysis) is 1. The summed E-state index contributed by atoms with van der Waals surface area (Å²) in [6, 6.07) is 22.7. The highest BCUT2D eigenvalue weighted by atomic mass is 35.5. The molecule has 0 aromatic heterocycles. The molecule has 200 valence electrons. The predicted octanol–water partition coefficient (Wildman–Crippen LogP) is 8.10. The number of amides is 1. The van der Waals surface area contributed by atoms with Crippen molar-refractivity contribution >= 4 is 63.0 Å². The Labute approximate surface area is 242 Å².